The number of aromatic amines is 1. The Balaban J connectivity index is 2.23. The lowest BCUT2D eigenvalue weighted by atomic mass is 10.2. The van der Waals surface area contributed by atoms with Crippen LogP contribution in [0.4, 0.5) is 4.39 Å². The van der Waals surface area contributed by atoms with Gasteiger partial charge in [0.1, 0.15) is 23.9 Å². The molecule has 0 saturated heterocycles. The second kappa shape index (κ2) is 4.89. The van der Waals surface area contributed by atoms with E-state index in [-0.39, 0.29) is 17.3 Å². The fourth-order valence-electron chi connectivity index (χ4n) is 1.50. The number of carbonyl (C=O) groups is 1. The minimum Gasteiger partial charge on any atom is -0.508 e. The van der Waals surface area contributed by atoms with E-state index < -0.39 is 12.5 Å². The van der Waals surface area contributed by atoms with Crippen molar-refractivity contribution in [2.75, 3.05) is 6.61 Å². The van der Waals surface area contributed by atoms with Gasteiger partial charge in [-0.15, -0.1) is 0 Å². The number of benzene rings is 1. The zero-order valence-electron chi connectivity index (χ0n) is 9.27. The fourth-order valence-corrected chi connectivity index (χ4v) is 1.50. The van der Waals surface area contributed by atoms with E-state index in [2.05, 4.69) is 10.3 Å². The van der Waals surface area contributed by atoms with Gasteiger partial charge in [-0.25, -0.2) is 4.39 Å². The Morgan fingerprint density at radius 3 is 2.94 bits per heavy atom. The first-order valence-corrected chi connectivity index (χ1v) is 5.18. The Bertz CT molecular complexity index is 619. The van der Waals surface area contributed by atoms with Crippen LogP contribution in [0.25, 0.3) is 10.9 Å². The maximum atomic E-state index is 13.0. The highest BCUT2D eigenvalue weighted by molar-refractivity contribution is 5.98. The van der Waals surface area contributed by atoms with E-state index in [1.165, 1.54) is 24.3 Å². The number of fused-ring (bicyclic) bond motifs is 1. The number of rotatable bonds is 3. The van der Waals surface area contributed by atoms with Crippen molar-refractivity contribution in [2.24, 2.45) is 0 Å². The molecule has 0 radical (unpaired) electrons. The number of amides is 1. The third-order valence-electron chi connectivity index (χ3n) is 2.36. The quantitative estimate of drug-likeness (QED) is 0.622. The fraction of sp³-hybridized carbons (Fsp3) is 0.0833. The second-order valence-electron chi connectivity index (χ2n) is 3.68. The molecule has 0 aliphatic heterocycles. The van der Waals surface area contributed by atoms with Gasteiger partial charge < -0.3 is 20.5 Å². The number of nitrogens with one attached hydrogen (secondary N) is 2. The van der Waals surface area contributed by atoms with Crippen LogP contribution in [0.3, 0.4) is 0 Å². The van der Waals surface area contributed by atoms with E-state index in [4.69, 9.17) is 10.2 Å². The van der Waals surface area contributed by atoms with Crippen LogP contribution in [0.1, 0.15) is 10.5 Å². The molecule has 0 bridgehead atoms. The van der Waals surface area contributed by atoms with Crippen LogP contribution < -0.4 is 5.32 Å². The molecule has 2 aromatic rings. The first-order valence-electron chi connectivity index (χ1n) is 5.18. The van der Waals surface area contributed by atoms with Crippen molar-refractivity contribution in [3.05, 3.63) is 47.7 Å². The van der Waals surface area contributed by atoms with Crippen LogP contribution in [0.2, 0.25) is 0 Å². The lowest BCUT2D eigenvalue weighted by Crippen LogP contribution is -2.18. The summed E-state index contributed by atoms with van der Waals surface area (Å²) in [6, 6.07) is 5.63. The molecule has 0 aliphatic carbocycles. The Morgan fingerprint density at radius 1 is 1.44 bits per heavy atom. The van der Waals surface area contributed by atoms with Gasteiger partial charge in [-0.1, -0.05) is 0 Å². The van der Waals surface area contributed by atoms with Gasteiger partial charge in [0.2, 0.25) is 0 Å². The molecule has 1 aromatic heterocycles. The molecule has 5 nitrogen and oxygen atoms in total. The topological polar surface area (TPSA) is 85.3 Å². The molecule has 0 saturated carbocycles. The van der Waals surface area contributed by atoms with E-state index in [9.17, 15) is 9.18 Å². The van der Waals surface area contributed by atoms with E-state index in [0.717, 1.165) is 6.20 Å². The first-order chi connectivity index (χ1) is 8.60. The summed E-state index contributed by atoms with van der Waals surface area (Å²) in [7, 11) is 0. The van der Waals surface area contributed by atoms with Crippen molar-refractivity contribution < 1.29 is 19.4 Å². The molecule has 1 heterocycles. The molecule has 1 amide bonds. The van der Waals surface area contributed by atoms with Crippen molar-refractivity contribution in [1.82, 2.24) is 10.3 Å². The van der Waals surface area contributed by atoms with Crippen molar-refractivity contribution in [3.63, 3.8) is 0 Å². The van der Waals surface area contributed by atoms with E-state index in [1.807, 2.05) is 0 Å². The largest absolute Gasteiger partial charge is 0.508 e. The maximum Gasteiger partial charge on any atom is 0.271 e. The standard InChI is InChI=1S/C12H11FN2O3/c13-8-1-2-10-7(3-8)4-11(15-10)12(18)14-5-9(17)6-16/h1-5,15-17H,6H2,(H,14,18)/b9-5-. The second-order valence-corrected chi connectivity index (χ2v) is 3.68. The summed E-state index contributed by atoms with van der Waals surface area (Å²) in [5, 5.41) is 20.4. The van der Waals surface area contributed by atoms with Crippen LogP contribution in [0.15, 0.2) is 36.2 Å². The third-order valence-corrected chi connectivity index (χ3v) is 2.36. The summed E-state index contributed by atoms with van der Waals surface area (Å²) >= 11 is 0. The number of halogens is 1. The molecule has 4 N–H and O–H groups in total. The van der Waals surface area contributed by atoms with Crippen LogP contribution >= 0.6 is 0 Å². The van der Waals surface area contributed by atoms with Crippen molar-refractivity contribution >= 4 is 16.8 Å². The van der Waals surface area contributed by atoms with Gasteiger partial charge in [-0.2, -0.15) is 0 Å². The predicted molar refractivity (Wildman–Crippen MR) is 63.5 cm³/mol. The SMILES string of the molecule is O=C(N/C=C(\O)CO)c1cc2cc(F)ccc2[nH]1. The summed E-state index contributed by atoms with van der Waals surface area (Å²) in [6.45, 7) is -0.557. The molecule has 0 atom stereocenters. The highest BCUT2D eigenvalue weighted by Gasteiger charge is 2.08. The first kappa shape index (κ1) is 12.1. The number of aliphatic hydroxyl groups is 2. The van der Waals surface area contributed by atoms with Crippen LogP contribution in [0, 0.1) is 5.82 Å². The molecule has 1 aromatic carbocycles. The third kappa shape index (κ3) is 2.49. The average Bonchev–Trinajstić information content (AvgIpc) is 2.78. The number of aromatic nitrogens is 1. The molecule has 6 heteroatoms. The minimum atomic E-state index is -0.557. The Hall–Kier alpha value is -2.34. The van der Waals surface area contributed by atoms with Gasteiger partial charge in [-0.3, -0.25) is 4.79 Å². The summed E-state index contributed by atoms with van der Waals surface area (Å²) in [5.74, 6) is -1.23. The summed E-state index contributed by atoms with van der Waals surface area (Å²) < 4.78 is 13.0. The predicted octanol–water partition coefficient (Wildman–Crippen LogP) is 1.43. The molecule has 94 valence electrons. The normalized spacial score (nSPS) is 11.8. The number of hydrogen-bond donors (Lipinski definition) is 4. The van der Waals surface area contributed by atoms with E-state index in [1.54, 1.807) is 0 Å². The Morgan fingerprint density at radius 2 is 2.22 bits per heavy atom. The highest BCUT2D eigenvalue weighted by atomic mass is 19.1. The van der Waals surface area contributed by atoms with Gasteiger partial charge in [-0.05, 0) is 24.3 Å². The van der Waals surface area contributed by atoms with Crippen LogP contribution in [0.5, 0.6) is 0 Å². The minimum absolute atomic E-state index is 0.234. The Labute approximate surface area is 102 Å². The number of aliphatic hydroxyl groups excluding tert-OH is 2. The zero-order valence-corrected chi connectivity index (χ0v) is 9.27. The summed E-state index contributed by atoms with van der Waals surface area (Å²) in [6.07, 6.45) is 0.994. The van der Waals surface area contributed by atoms with Gasteiger partial charge in [0.15, 0.2) is 0 Å². The molecule has 0 aliphatic rings. The molecule has 18 heavy (non-hydrogen) atoms. The maximum absolute atomic E-state index is 13.0. The van der Waals surface area contributed by atoms with E-state index >= 15 is 0 Å². The Kier molecular flexibility index (Phi) is 3.29. The smallest absolute Gasteiger partial charge is 0.271 e. The van der Waals surface area contributed by atoms with Crippen molar-refractivity contribution in [2.45, 2.75) is 0 Å². The number of hydrogen-bond acceptors (Lipinski definition) is 3. The molecule has 0 unspecified atom stereocenters. The number of carbonyl (C=O) groups excluding carboxylic acids is 1. The lowest BCUT2D eigenvalue weighted by Gasteiger charge is -1.97. The molecular formula is C12H11FN2O3. The molecule has 2 rings (SSSR count). The van der Waals surface area contributed by atoms with Gasteiger partial charge in [0.25, 0.3) is 5.91 Å². The highest BCUT2D eigenvalue weighted by Crippen LogP contribution is 2.16. The molecule has 0 spiro atoms. The van der Waals surface area contributed by atoms with Gasteiger partial charge in [0, 0.05) is 17.1 Å². The number of H-pyrrole nitrogens is 1. The van der Waals surface area contributed by atoms with Crippen molar-refractivity contribution in [1.29, 1.82) is 0 Å². The van der Waals surface area contributed by atoms with E-state index in [0.29, 0.717) is 10.9 Å². The molecule has 0 fully saturated rings. The average molecular weight is 250 g/mol. The lowest BCUT2D eigenvalue weighted by molar-refractivity contribution is 0.0963. The summed E-state index contributed by atoms with van der Waals surface area (Å²) in [5.41, 5.74) is 0.870. The summed E-state index contributed by atoms with van der Waals surface area (Å²) in [4.78, 5) is 14.5. The molecular weight excluding hydrogens is 239 g/mol. The van der Waals surface area contributed by atoms with Crippen LogP contribution in [-0.2, 0) is 0 Å². The van der Waals surface area contributed by atoms with Gasteiger partial charge in [0.05, 0.1) is 0 Å². The van der Waals surface area contributed by atoms with Crippen molar-refractivity contribution in [3.8, 4) is 0 Å². The zero-order chi connectivity index (χ0) is 13.1. The monoisotopic (exact) mass is 250 g/mol. The van der Waals surface area contributed by atoms with Gasteiger partial charge >= 0.3 is 0 Å². The van der Waals surface area contributed by atoms with Crippen LogP contribution in [-0.4, -0.2) is 27.7 Å².